The van der Waals surface area contributed by atoms with Crippen molar-refractivity contribution in [3.63, 3.8) is 0 Å². The molecule has 0 aliphatic heterocycles. The fourth-order valence-electron chi connectivity index (χ4n) is 1.81. The number of ether oxygens (including phenoxy) is 1. The van der Waals surface area contributed by atoms with Crippen molar-refractivity contribution < 1.29 is 14.3 Å². The first-order valence-corrected chi connectivity index (χ1v) is 7.07. The van der Waals surface area contributed by atoms with Gasteiger partial charge in [0.1, 0.15) is 6.04 Å². The molecule has 5 nitrogen and oxygen atoms in total. The monoisotopic (exact) mass is 342 g/mol. The van der Waals surface area contributed by atoms with Crippen LogP contribution in [0.15, 0.2) is 28.7 Å². The molecule has 0 radical (unpaired) electrons. The molecule has 0 saturated heterocycles. The van der Waals surface area contributed by atoms with E-state index in [0.717, 1.165) is 10.0 Å². The largest absolute Gasteiger partial charge is 0.467 e. The number of rotatable bonds is 6. The van der Waals surface area contributed by atoms with Gasteiger partial charge in [-0.1, -0.05) is 34.1 Å². The van der Waals surface area contributed by atoms with Crippen LogP contribution in [0.5, 0.6) is 0 Å². The van der Waals surface area contributed by atoms with Gasteiger partial charge in [-0.25, -0.2) is 4.79 Å². The highest BCUT2D eigenvalue weighted by molar-refractivity contribution is 9.10. The van der Waals surface area contributed by atoms with Crippen LogP contribution in [0.25, 0.3) is 0 Å². The van der Waals surface area contributed by atoms with Gasteiger partial charge in [-0.2, -0.15) is 0 Å². The standard InChI is InChI=1S/C14H19BrN2O3/c1-9(11-6-4-5-7-12(11)15)16-8-13(14(19)20-3)17-10(2)18/h4-7,9,13,16H,8H2,1-3H3,(H,17,18)/t9-,13?/m1/s1. The highest BCUT2D eigenvalue weighted by Gasteiger charge is 2.21. The van der Waals surface area contributed by atoms with Gasteiger partial charge in [-0.3, -0.25) is 4.79 Å². The molecule has 2 N–H and O–H groups in total. The van der Waals surface area contributed by atoms with E-state index in [1.807, 2.05) is 31.2 Å². The smallest absolute Gasteiger partial charge is 0.329 e. The molecule has 1 aromatic carbocycles. The maximum Gasteiger partial charge on any atom is 0.329 e. The molecule has 0 fully saturated rings. The molecule has 1 unspecified atom stereocenters. The van der Waals surface area contributed by atoms with Crippen LogP contribution >= 0.6 is 15.9 Å². The van der Waals surface area contributed by atoms with Gasteiger partial charge in [0.15, 0.2) is 0 Å². The molecule has 0 bridgehead atoms. The minimum Gasteiger partial charge on any atom is -0.467 e. The van der Waals surface area contributed by atoms with Crippen molar-refractivity contribution >= 4 is 27.8 Å². The summed E-state index contributed by atoms with van der Waals surface area (Å²) in [5, 5.41) is 5.78. The Kier molecular flexibility index (Phi) is 6.67. The summed E-state index contributed by atoms with van der Waals surface area (Å²) in [5.41, 5.74) is 1.08. The number of halogens is 1. The first-order valence-electron chi connectivity index (χ1n) is 6.28. The Morgan fingerprint density at radius 2 is 2.00 bits per heavy atom. The summed E-state index contributed by atoms with van der Waals surface area (Å²) < 4.78 is 5.67. The van der Waals surface area contributed by atoms with E-state index in [1.54, 1.807) is 0 Å². The molecule has 1 aromatic rings. The second kappa shape index (κ2) is 8.01. The van der Waals surface area contributed by atoms with Crippen molar-refractivity contribution in [1.29, 1.82) is 0 Å². The molecule has 0 aliphatic carbocycles. The van der Waals surface area contributed by atoms with Crippen LogP contribution in [-0.2, 0) is 14.3 Å². The maximum atomic E-state index is 11.6. The quantitative estimate of drug-likeness (QED) is 0.773. The molecule has 2 atom stereocenters. The molecule has 110 valence electrons. The Labute approximate surface area is 127 Å². The fourth-order valence-corrected chi connectivity index (χ4v) is 2.44. The molecule has 0 aliphatic rings. The summed E-state index contributed by atoms with van der Waals surface area (Å²) in [6, 6.07) is 7.18. The average Bonchev–Trinajstić information content (AvgIpc) is 2.42. The third kappa shape index (κ3) is 4.94. The van der Waals surface area contributed by atoms with E-state index >= 15 is 0 Å². The number of nitrogens with one attached hydrogen (secondary N) is 2. The van der Waals surface area contributed by atoms with Gasteiger partial charge in [0.2, 0.25) is 5.91 Å². The third-order valence-corrected chi connectivity index (χ3v) is 3.59. The van der Waals surface area contributed by atoms with Gasteiger partial charge in [-0.05, 0) is 18.6 Å². The van der Waals surface area contributed by atoms with Gasteiger partial charge >= 0.3 is 5.97 Å². The van der Waals surface area contributed by atoms with E-state index in [1.165, 1.54) is 14.0 Å². The highest BCUT2D eigenvalue weighted by Crippen LogP contribution is 2.22. The van der Waals surface area contributed by atoms with E-state index < -0.39 is 12.0 Å². The zero-order valence-corrected chi connectivity index (χ0v) is 13.4. The van der Waals surface area contributed by atoms with Crippen LogP contribution in [0, 0.1) is 0 Å². The summed E-state index contributed by atoms with van der Waals surface area (Å²) in [5.74, 6) is -0.734. The Hall–Kier alpha value is -1.40. The van der Waals surface area contributed by atoms with E-state index in [4.69, 9.17) is 0 Å². The van der Waals surface area contributed by atoms with Gasteiger partial charge < -0.3 is 15.4 Å². The van der Waals surface area contributed by atoms with Crippen molar-refractivity contribution in [2.75, 3.05) is 13.7 Å². The molecule has 0 heterocycles. The Balaban J connectivity index is 2.65. The number of carbonyl (C=O) groups is 2. The zero-order valence-electron chi connectivity index (χ0n) is 11.8. The minimum absolute atomic E-state index is 0.0338. The van der Waals surface area contributed by atoms with E-state index in [0.29, 0.717) is 6.54 Å². The average molecular weight is 343 g/mol. The van der Waals surface area contributed by atoms with Crippen molar-refractivity contribution in [1.82, 2.24) is 10.6 Å². The van der Waals surface area contributed by atoms with E-state index in [2.05, 4.69) is 31.3 Å². The van der Waals surface area contributed by atoms with Gasteiger partial charge in [-0.15, -0.1) is 0 Å². The first kappa shape index (κ1) is 16.7. The normalized spacial score (nSPS) is 13.4. The number of methoxy groups -OCH3 is 1. The SMILES string of the molecule is COC(=O)C(CN[C@H](C)c1ccccc1Br)NC(C)=O. The fraction of sp³-hybridized carbons (Fsp3) is 0.429. The summed E-state index contributed by atoms with van der Waals surface area (Å²) in [7, 11) is 1.30. The summed E-state index contributed by atoms with van der Waals surface area (Å²) in [4.78, 5) is 22.7. The number of benzene rings is 1. The second-order valence-electron chi connectivity index (χ2n) is 4.43. The van der Waals surface area contributed by atoms with E-state index in [-0.39, 0.29) is 11.9 Å². The van der Waals surface area contributed by atoms with Gasteiger partial charge in [0.05, 0.1) is 7.11 Å². The van der Waals surface area contributed by atoms with Crippen LogP contribution in [0.4, 0.5) is 0 Å². The maximum absolute atomic E-state index is 11.6. The Bertz CT molecular complexity index is 479. The summed E-state index contributed by atoms with van der Waals surface area (Å²) in [6.45, 7) is 3.66. The highest BCUT2D eigenvalue weighted by atomic mass is 79.9. The molecular formula is C14H19BrN2O3. The van der Waals surface area contributed by atoms with Crippen molar-refractivity contribution in [2.45, 2.75) is 25.9 Å². The van der Waals surface area contributed by atoms with E-state index in [9.17, 15) is 9.59 Å². The lowest BCUT2D eigenvalue weighted by atomic mass is 10.1. The van der Waals surface area contributed by atoms with Crippen molar-refractivity contribution in [3.05, 3.63) is 34.3 Å². The number of hydrogen-bond acceptors (Lipinski definition) is 4. The van der Waals surface area contributed by atoms with Gasteiger partial charge in [0.25, 0.3) is 0 Å². The van der Waals surface area contributed by atoms with Crippen LogP contribution in [-0.4, -0.2) is 31.6 Å². The lowest BCUT2D eigenvalue weighted by Gasteiger charge is -2.20. The molecule has 6 heteroatoms. The van der Waals surface area contributed by atoms with Crippen LogP contribution in [0.3, 0.4) is 0 Å². The molecule has 0 spiro atoms. The molecular weight excluding hydrogens is 324 g/mol. The predicted octanol–water partition coefficient (Wildman–Crippen LogP) is 1.78. The zero-order chi connectivity index (χ0) is 15.1. The van der Waals surface area contributed by atoms with Crippen LogP contribution in [0.2, 0.25) is 0 Å². The minimum atomic E-state index is -0.692. The Morgan fingerprint density at radius 1 is 1.35 bits per heavy atom. The lowest BCUT2D eigenvalue weighted by Crippen LogP contribution is -2.47. The second-order valence-corrected chi connectivity index (χ2v) is 5.28. The Morgan fingerprint density at radius 3 is 2.55 bits per heavy atom. The molecule has 1 amide bonds. The van der Waals surface area contributed by atoms with Crippen LogP contribution < -0.4 is 10.6 Å². The number of esters is 1. The number of carbonyl (C=O) groups excluding carboxylic acids is 2. The lowest BCUT2D eigenvalue weighted by molar-refractivity contribution is -0.144. The summed E-state index contributed by atoms with van der Waals surface area (Å²) >= 11 is 3.49. The third-order valence-electron chi connectivity index (χ3n) is 2.86. The van der Waals surface area contributed by atoms with Crippen molar-refractivity contribution in [2.24, 2.45) is 0 Å². The molecule has 1 rings (SSSR count). The molecule has 0 saturated carbocycles. The topological polar surface area (TPSA) is 67.4 Å². The van der Waals surface area contributed by atoms with Crippen LogP contribution in [0.1, 0.15) is 25.5 Å². The molecule has 20 heavy (non-hydrogen) atoms. The van der Waals surface area contributed by atoms with Gasteiger partial charge in [0, 0.05) is 24.0 Å². The first-order chi connectivity index (χ1) is 9.45. The number of hydrogen-bond donors (Lipinski definition) is 2. The van der Waals surface area contributed by atoms with Crippen molar-refractivity contribution in [3.8, 4) is 0 Å². The number of amides is 1. The summed E-state index contributed by atoms with van der Waals surface area (Å²) in [6.07, 6.45) is 0. The molecule has 0 aromatic heterocycles. The predicted molar refractivity (Wildman–Crippen MR) is 80.2 cm³/mol.